The van der Waals surface area contributed by atoms with Crippen molar-refractivity contribution >= 4 is 22.8 Å². The number of benzene rings is 2. The van der Waals surface area contributed by atoms with E-state index in [0.29, 0.717) is 31.7 Å². The number of rotatable bonds is 6. The van der Waals surface area contributed by atoms with Crippen LogP contribution >= 0.6 is 0 Å². The maximum absolute atomic E-state index is 12.8. The number of fused-ring (bicyclic) bond motifs is 1. The molecule has 3 aromatic rings. The van der Waals surface area contributed by atoms with Gasteiger partial charge in [0.05, 0.1) is 30.4 Å². The average molecular weight is 406 g/mol. The Labute approximate surface area is 175 Å². The van der Waals surface area contributed by atoms with Crippen LogP contribution < -0.4 is 10.1 Å². The lowest BCUT2D eigenvalue weighted by molar-refractivity contribution is -0.121. The van der Waals surface area contributed by atoms with Crippen molar-refractivity contribution in [2.75, 3.05) is 19.7 Å². The van der Waals surface area contributed by atoms with Gasteiger partial charge in [-0.3, -0.25) is 9.59 Å². The molecule has 0 unspecified atom stereocenters. The number of aromatic amines is 1. The Balaban J connectivity index is 1.26. The summed E-state index contributed by atoms with van der Waals surface area (Å²) in [6.07, 6.45) is 3.48. The normalized spacial score (nSPS) is 14.6. The number of ether oxygens (including phenoxy) is 1. The van der Waals surface area contributed by atoms with Crippen LogP contribution in [0.5, 0.6) is 5.75 Å². The molecule has 0 bridgehead atoms. The number of nitrogens with one attached hydrogen (secondary N) is 2. The Morgan fingerprint density at radius 3 is 2.67 bits per heavy atom. The molecule has 0 spiro atoms. The summed E-state index contributed by atoms with van der Waals surface area (Å²) in [5, 5.41) is 3.11. The summed E-state index contributed by atoms with van der Waals surface area (Å²) >= 11 is 0. The van der Waals surface area contributed by atoms with Gasteiger partial charge in [-0.15, -0.1) is 0 Å². The van der Waals surface area contributed by atoms with E-state index in [2.05, 4.69) is 15.3 Å². The molecule has 1 aliphatic rings. The van der Waals surface area contributed by atoms with Crippen molar-refractivity contribution in [1.82, 2.24) is 20.2 Å². The maximum atomic E-state index is 12.8. The third-order valence-corrected chi connectivity index (χ3v) is 5.41. The fourth-order valence-electron chi connectivity index (χ4n) is 3.81. The number of hydrogen-bond acceptors (Lipinski definition) is 4. The monoisotopic (exact) mass is 406 g/mol. The first-order valence-electron chi connectivity index (χ1n) is 10.4. The van der Waals surface area contributed by atoms with E-state index in [4.69, 9.17) is 4.74 Å². The van der Waals surface area contributed by atoms with Gasteiger partial charge >= 0.3 is 0 Å². The van der Waals surface area contributed by atoms with Crippen LogP contribution in [0.4, 0.5) is 0 Å². The molecule has 0 radical (unpaired) electrons. The molecule has 7 heteroatoms. The topological polar surface area (TPSA) is 87.3 Å². The number of carbonyl (C=O) groups is 2. The number of aromatic nitrogens is 2. The lowest BCUT2D eigenvalue weighted by Gasteiger charge is -2.32. The fourth-order valence-corrected chi connectivity index (χ4v) is 3.81. The molecule has 2 aromatic carbocycles. The van der Waals surface area contributed by atoms with Crippen molar-refractivity contribution in [2.45, 2.75) is 32.2 Å². The van der Waals surface area contributed by atoms with Gasteiger partial charge in [-0.05, 0) is 55.7 Å². The van der Waals surface area contributed by atoms with Crippen LogP contribution in [-0.2, 0) is 11.2 Å². The predicted octanol–water partition coefficient (Wildman–Crippen LogP) is 2.93. The lowest BCUT2D eigenvalue weighted by atomic mass is 10.0. The molecular weight excluding hydrogens is 380 g/mol. The van der Waals surface area contributed by atoms with Gasteiger partial charge in [-0.25, -0.2) is 4.98 Å². The molecule has 30 heavy (non-hydrogen) atoms. The van der Waals surface area contributed by atoms with E-state index in [0.717, 1.165) is 35.2 Å². The van der Waals surface area contributed by atoms with Crippen molar-refractivity contribution < 1.29 is 14.3 Å². The Morgan fingerprint density at radius 2 is 1.93 bits per heavy atom. The molecule has 156 valence electrons. The Bertz CT molecular complexity index is 1020. The highest BCUT2D eigenvalue weighted by molar-refractivity contribution is 5.97. The molecule has 0 atom stereocenters. The van der Waals surface area contributed by atoms with Gasteiger partial charge in [0.25, 0.3) is 5.91 Å². The third kappa shape index (κ3) is 4.62. The van der Waals surface area contributed by atoms with Crippen molar-refractivity contribution in [2.24, 2.45) is 0 Å². The Hall–Kier alpha value is -3.35. The fraction of sp³-hybridized carbons (Fsp3) is 0.348. The molecule has 2 heterocycles. The number of nitrogens with zero attached hydrogens (tertiary/aromatic N) is 2. The van der Waals surface area contributed by atoms with E-state index >= 15 is 0 Å². The molecule has 2 amide bonds. The lowest BCUT2D eigenvalue weighted by Crippen LogP contribution is -2.46. The highest BCUT2D eigenvalue weighted by Crippen LogP contribution is 2.18. The van der Waals surface area contributed by atoms with Crippen LogP contribution in [0, 0.1) is 0 Å². The van der Waals surface area contributed by atoms with Gasteiger partial charge in [-0.1, -0.05) is 12.1 Å². The summed E-state index contributed by atoms with van der Waals surface area (Å²) in [6, 6.07) is 13.2. The molecule has 0 saturated carbocycles. The van der Waals surface area contributed by atoms with Crippen LogP contribution in [-0.4, -0.2) is 52.4 Å². The quantitative estimate of drug-likeness (QED) is 0.659. The first kappa shape index (κ1) is 19.9. The number of imidazole rings is 1. The average Bonchev–Trinajstić information content (AvgIpc) is 3.23. The molecule has 1 fully saturated rings. The van der Waals surface area contributed by atoms with Crippen molar-refractivity contribution in [3.05, 3.63) is 59.9 Å². The van der Waals surface area contributed by atoms with E-state index in [9.17, 15) is 9.59 Å². The van der Waals surface area contributed by atoms with Gasteiger partial charge in [0.1, 0.15) is 5.75 Å². The summed E-state index contributed by atoms with van der Waals surface area (Å²) < 4.78 is 5.43. The summed E-state index contributed by atoms with van der Waals surface area (Å²) in [7, 11) is 0. The zero-order valence-corrected chi connectivity index (χ0v) is 17.1. The summed E-state index contributed by atoms with van der Waals surface area (Å²) in [5.74, 6) is 0.838. The number of amides is 2. The van der Waals surface area contributed by atoms with E-state index in [1.165, 1.54) is 0 Å². The number of hydrogen-bond donors (Lipinski definition) is 2. The Morgan fingerprint density at radius 1 is 1.17 bits per heavy atom. The minimum Gasteiger partial charge on any atom is -0.494 e. The Kier molecular flexibility index (Phi) is 5.97. The largest absolute Gasteiger partial charge is 0.494 e. The van der Waals surface area contributed by atoms with Crippen molar-refractivity contribution in [3.8, 4) is 5.75 Å². The van der Waals surface area contributed by atoms with Crippen LogP contribution in [0.1, 0.15) is 35.7 Å². The number of piperidine rings is 1. The summed E-state index contributed by atoms with van der Waals surface area (Å²) in [5.41, 5.74) is 3.32. The van der Waals surface area contributed by atoms with Crippen LogP contribution in [0.25, 0.3) is 11.0 Å². The number of H-pyrrole nitrogens is 1. The van der Waals surface area contributed by atoms with E-state index in [-0.39, 0.29) is 17.9 Å². The minimum absolute atomic E-state index is 0.00799. The van der Waals surface area contributed by atoms with Crippen LogP contribution in [0.2, 0.25) is 0 Å². The van der Waals surface area contributed by atoms with E-state index in [1.54, 1.807) is 6.33 Å². The van der Waals surface area contributed by atoms with Crippen LogP contribution in [0.3, 0.4) is 0 Å². The first-order chi connectivity index (χ1) is 14.6. The zero-order chi connectivity index (χ0) is 20.9. The second-order valence-corrected chi connectivity index (χ2v) is 7.52. The van der Waals surface area contributed by atoms with Gasteiger partial charge in [0.15, 0.2) is 0 Å². The van der Waals surface area contributed by atoms with Gasteiger partial charge in [-0.2, -0.15) is 0 Å². The summed E-state index contributed by atoms with van der Waals surface area (Å²) in [4.78, 5) is 34.3. The molecular formula is C23H26N4O3. The first-order valence-corrected chi connectivity index (χ1v) is 10.4. The molecule has 2 N–H and O–H groups in total. The molecule has 1 saturated heterocycles. The number of carbonyl (C=O) groups excluding carboxylic acids is 2. The number of likely N-dealkylation sites (tertiary alicyclic amines) is 1. The van der Waals surface area contributed by atoms with Crippen molar-refractivity contribution in [3.63, 3.8) is 0 Å². The van der Waals surface area contributed by atoms with Crippen molar-refractivity contribution in [1.29, 1.82) is 0 Å². The maximum Gasteiger partial charge on any atom is 0.253 e. The third-order valence-electron chi connectivity index (χ3n) is 5.41. The smallest absolute Gasteiger partial charge is 0.253 e. The second-order valence-electron chi connectivity index (χ2n) is 7.52. The van der Waals surface area contributed by atoms with Gasteiger partial charge in [0, 0.05) is 24.7 Å². The SMILES string of the molecule is CCOc1ccc(CC(=O)NC2CCN(C(=O)c3ccc4nc[nH]c4c3)CC2)cc1. The minimum atomic E-state index is 0.00799. The summed E-state index contributed by atoms with van der Waals surface area (Å²) in [6.45, 7) is 3.83. The van der Waals surface area contributed by atoms with E-state index in [1.807, 2.05) is 54.3 Å². The molecule has 0 aliphatic carbocycles. The molecule has 1 aliphatic heterocycles. The van der Waals surface area contributed by atoms with Gasteiger partial charge in [0.2, 0.25) is 5.91 Å². The van der Waals surface area contributed by atoms with E-state index < -0.39 is 0 Å². The molecule has 7 nitrogen and oxygen atoms in total. The second kappa shape index (κ2) is 8.98. The standard InChI is InChI=1S/C23H26N4O3/c1-2-30-19-6-3-16(4-7-19)13-22(28)26-18-9-11-27(12-10-18)23(29)17-5-8-20-21(14-17)25-15-24-20/h3-8,14-15,18H,2,9-13H2,1H3,(H,24,25)(H,26,28). The van der Waals surface area contributed by atoms with Gasteiger partial charge < -0.3 is 19.9 Å². The predicted molar refractivity (Wildman–Crippen MR) is 114 cm³/mol. The molecule has 4 rings (SSSR count). The highest BCUT2D eigenvalue weighted by Gasteiger charge is 2.24. The highest BCUT2D eigenvalue weighted by atomic mass is 16.5. The molecule has 1 aromatic heterocycles. The zero-order valence-electron chi connectivity index (χ0n) is 17.1. The van der Waals surface area contributed by atoms with Crippen LogP contribution in [0.15, 0.2) is 48.8 Å².